The van der Waals surface area contributed by atoms with Gasteiger partial charge in [-0.2, -0.15) is 0 Å². The summed E-state index contributed by atoms with van der Waals surface area (Å²) >= 11 is 5.51. The molecule has 0 unspecified atom stereocenters. The highest BCUT2D eigenvalue weighted by Gasteiger charge is 1.99. The fourth-order valence-electron chi connectivity index (χ4n) is 2.89. The first-order chi connectivity index (χ1) is 14.6. The number of esters is 2. The first-order valence-corrected chi connectivity index (χ1v) is 12.1. The largest absolute Gasteiger partial charge is 0.469 e. The Balaban J connectivity index is 0. The summed E-state index contributed by atoms with van der Waals surface area (Å²) in [7, 11) is 2.88. The van der Waals surface area contributed by atoms with E-state index in [1.165, 1.54) is 65.6 Å². The lowest BCUT2D eigenvalue weighted by Gasteiger charge is -2.00. The molecule has 4 nitrogen and oxygen atoms in total. The lowest BCUT2D eigenvalue weighted by molar-refractivity contribution is -0.141. The Bertz CT molecular complexity index is 421. The van der Waals surface area contributed by atoms with Crippen LogP contribution in [0, 0.1) is 0 Å². The molecule has 0 bridgehead atoms. The minimum absolute atomic E-state index is 0.0864. The van der Waals surface area contributed by atoms with Crippen LogP contribution in [0.4, 0.5) is 0 Å². The predicted molar refractivity (Wildman–Crippen MR) is 128 cm³/mol. The molecule has 0 radical (unpaired) electrons. The molecule has 0 N–H and O–H groups in total. The van der Waals surface area contributed by atoms with Crippen LogP contribution in [-0.4, -0.2) is 32.0 Å². The van der Waals surface area contributed by atoms with Crippen LogP contribution in [0.15, 0.2) is 24.8 Å². The van der Waals surface area contributed by atoms with E-state index in [-0.39, 0.29) is 11.9 Å². The van der Waals surface area contributed by atoms with Gasteiger partial charge in [-0.15, -0.1) is 18.2 Å². The molecule has 30 heavy (non-hydrogen) atoms. The van der Waals surface area contributed by atoms with Gasteiger partial charge in [-0.25, -0.2) is 0 Å². The van der Waals surface area contributed by atoms with Crippen LogP contribution in [0.3, 0.4) is 0 Å². The molecular formula is C25H45ClO4. The van der Waals surface area contributed by atoms with Crippen LogP contribution >= 0.6 is 11.6 Å². The Morgan fingerprint density at radius 2 is 1.07 bits per heavy atom. The fourth-order valence-corrected chi connectivity index (χ4v) is 3.01. The molecule has 0 aromatic rings. The summed E-state index contributed by atoms with van der Waals surface area (Å²) in [4.78, 5) is 21.6. The van der Waals surface area contributed by atoms with Crippen molar-refractivity contribution in [3.63, 3.8) is 0 Å². The Kier molecular flexibility index (Phi) is 28.5. The zero-order chi connectivity index (χ0) is 22.7. The van der Waals surface area contributed by atoms with Gasteiger partial charge in [-0.05, 0) is 38.5 Å². The van der Waals surface area contributed by atoms with Crippen molar-refractivity contribution in [1.29, 1.82) is 0 Å². The van der Waals surface area contributed by atoms with E-state index in [0.29, 0.717) is 18.7 Å². The molecule has 0 aliphatic carbocycles. The summed E-state index contributed by atoms with van der Waals surface area (Å²) in [6.07, 6.45) is 23.7. The lowest BCUT2D eigenvalue weighted by atomic mass is 10.1. The molecule has 0 amide bonds. The van der Waals surface area contributed by atoms with Gasteiger partial charge >= 0.3 is 11.9 Å². The predicted octanol–water partition coefficient (Wildman–Crippen LogP) is 7.54. The quantitative estimate of drug-likeness (QED) is 0.0892. The van der Waals surface area contributed by atoms with E-state index in [4.69, 9.17) is 11.6 Å². The van der Waals surface area contributed by atoms with Gasteiger partial charge in [0, 0.05) is 18.7 Å². The summed E-state index contributed by atoms with van der Waals surface area (Å²) < 4.78 is 9.14. The molecular weight excluding hydrogens is 400 g/mol. The Hall–Kier alpha value is -1.29. The molecule has 0 aromatic carbocycles. The average molecular weight is 445 g/mol. The number of carbonyl (C=O) groups excluding carboxylic acids is 2. The van der Waals surface area contributed by atoms with E-state index in [1.54, 1.807) is 0 Å². The van der Waals surface area contributed by atoms with Crippen molar-refractivity contribution >= 4 is 23.5 Å². The molecule has 0 heterocycles. The molecule has 0 rings (SSSR count). The maximum Gasteiger partial charge on any atom is 0.305 e. The SMILES string of the molecule is C=CCCCCCCCCC(=O)OC.COC(=O)CCCCCCCCC=CCCl. The summed E-state index contributed by atoms with van der Waals surface area (Å²) in [6, 6.07) is 0. The summed E-state index contributed by atoms with van der Waals surface area (Å²) in [6.45, 7) is 3.69. The molecule has 0 saturated heterocycles. The summed E-state index contributed by atoms with van der Waals surface area (Å²) in [5.41, 5.74) is 0. The Labute approximate surface area is 190 Å². The second-order valence-electron chi connectivity index (χ2n) is 7.39. The normalized spacial score (nSPS) is 10.4. The van der Waals surface area contributed by atoms with E-state index in [1.807, 2.05) is 12.2 Å². The van der Waals surface area contributed by atoms with Crippen LogP contribution in [0.25, 0.3) is 0 Å². The van der Waals surface area contributed by atoms with Crippen LogP contribution < -0.4 is 0 Å². The minimum Gasteiger partial charge on any atom is -0.469 e. The molecule has 5 heteroatoms. The van der Waals surface area contributed by atoms with Gasteiger partial charge in [0.15, 0.2) is 0 Å². The standard InChI is InChI=1S/C13H23ClO2.C12H22O2/c1-16-13(15)11-9-7-5-3-2-4-6-8-10-12-14;1-3-4-5-6-7-8-9-10-11-12(13)14-2/h8,10H,2-7,9,11-12H2,1H3;3H,1,4-11H2,2H3. The van der Waals surface area contributed by atoms with Crippen LogP contribution in [0.1, 0.15) is 103 Å². The monoisotopic (exact) mass is 444 g/mol. The van der Waals surface area contributed by atoms with Gasteiger partial charge < -0.3 is 9.47 Å². The van der Waals surface area contributed by atoms with E-state index in [0.717, 1.165) is 38.5 Å². The van der Waals surface area contributed by atoms with Crippen molar-refractivity contribution in [3.05, 3.63) is 24.8 Å². The highest BCUT2D eigenvalue weighted by Crippen LogP contribution is 2.10. The molecule has 176 valence electrons. The van der Waals surface area contributed by atoms with Crippen LogP contribution in [-0.2, 0) is 19.1 Å². The van der Waals surface area contributed by atoms with Gasteiger partial charge in [0.1, 0.15) is 0 Å². The zero-order valence-corrected chi connectivity index (χ0v) is 20.2. The maximum absolute atomic E-state index is 10.8. The lowest BCUT2D eigenvalue weighted by Crippen LogP contribution is -1.99. The van der Waals surface area contributed by atoms with Gasteiger partial charge in [0.05, 0.1) is 14.2 Å². The first kappa shape index (κ1) is 30.9. The minimum atomic E-state index is -0.0915. The van der Waals surface area contributed by atoms with Crippen molar-refractivity contribution in [1.82, 2.24) is 0 Å². The Morgan fingerprint density at radius 1 is 0.667 bits per heavy atom. The number of methoxy groups -OCH3 is 2. The van der Waals surface area contributed by atoms with Gasteiger partial charge in [-0.3, -0.25) is 9.59 Å². The number of carbonyl (C=O) groups is 2. The highest BCUT2D eigenvalue weighted by atomic mass is 35.5. The number of hydrogen-bond donors (Lipinski definition) is 0. The van der Waals surface area contributed by atoms with Crippen LogP contribution in [0.2, 0.25) is 0 Å². The highest BCUT2D eigenvalue weighted by molar-refractivity contribution is 6.18. The first-order valence-electron chi connectivity index (χ1n) is 11.6. The molecule has 0 aliphatic heterocycles. The topological polar surface area (TPSA) is 52.6 Å². The number of alkyl halides is 1. The number of rotatable bonds is 19. The number of hydrogen-bond acceptors (Lipinski definition) is 4. The fraction of sp³-hybridized carbons (Fsp3) is 0.760. The second kappa shape index (κ2) is 27.7. The van der Waals surface area contributed by atoms with Crippen molar-refractivity contribution in [3.8, 4) is 0 Å². The number of ether oxygens (including phenoxy) is 2. The molecule has 0 saturated carbocycles. The molecule has 0 aliphatic rings. The molecule has 0 atom stereocenters. The van der Waals surface area contributed by atoms with Crippen molar-refractivity contribution in [2.75, 3.05) is 20.1 Å². The van der Waals surface area contributed by atoms with Crippen LogP contribution in [0.5, 0.6) is 0 Å². The van der Waals surface area contributed by atoms with Crippen molar-refractivity contribution in [2.24, 2.45) is 0 Å². The zero-order valence-electron chi connectivity index (χ0n) is 19.5. The maximum atomic E-state index is 10.8. The number of allylic oxidation sites excluding steroid dienone is 3. The molecule has 0 aromatic heterocycles. The molecule has 0 spiro atoms. The van der Waals surface area contributed by atoms with E-state index in [9.17, 15) is 9.59 Å². The second-order valence-corrected chi connectivity index (χ2v) is 7.70. The van der Waals surface area contributed by atoms with Crippen molar-refractivity contribution < 1.29 is 19.1 Å². The van der Waals surface area contributed by atoms with E-state index in [2.05, 4.69) is 22.1 Å². The Morgan fingerprint density at radius 3 is 1.47 bits per heavy atom. The third-order valence-electron chi connectivity index (χ3n) is 4.75. The van der Waals surface area contributed by atoms with Gasteiger partial charge in [0.25, 0.3) is 0 Å². The van der Waals surface area contributed by atoms with E-state index < -0.39 is 0 Å². The molecule has 0 fully saturated rings. The van der Waals surface area contributed by atoms with E-state index >= 15 is 0 Å². The number of unbranched alkanes of at least 4 members (excludes halogenated alkanes) is 12. The van der Waals surface area contributed by atoms with Gasteiger partial charge in [0.2, 0.25) is 0 Å². The number of halogens is 1. The summed E-state index contributed by atoms with van der Waals surface area (Å²) in [5.74, 6) is 0.441. The smallest absolute Gasteiger partial charge is 0.305 e. The third kappa shape index (κ3) is 28.9. The summed E-state index contributed by atoms with van der Waals surface area (Å²) in [5, 5.41) is 0. The van der Waals surface area contributed by atoms with Crippen molar-refractivity contribution in [2.45, 2.75) is 103 Å². The third-order valence-corrected chi connectivity index (χ3v) is 4.93. The average Bonchev–Trinajstić information content (AvgIpc) is 2.76. The van der Waals surface area contributed by atoms with Gasteiger partial charge in [-0.1, -0.05) is 69.6 Å².